The van der Waals surface area contributed by atoms with Gasteiger partial charge in [0.15, 0.2) is 11.6 Å². The molecule has 2 heterocycles. The van der Waals surface area contributed by atoms with Gasteiger partial charge in [-0.15, -0.1) is 0 Å². The predicted molar refractivity (Wildman–Crippen MR) is 138 cm³/mol. The molecule has 0 atom stereocenters. The summed E-state index contributed by atoms with van der Waals surface area (Å²) in [6.07, 6.45) is 10.6. The molecule has 5 rings (SSSR count). The SMILES string of the molecule is Fc1cc(NSc2c(F)cccc2F)ccc1Oc1ccncc1-c1ccnc(NC2CCCCC2)n1. The summed E-state index contributed by atoms with van der Waals surface area (Å²) >= 11 is 0.723. The topological polar surface area (TPSA) is 72.0 Å². The van der Waals surface area contributed by atoms with E-state index in [2.05, 4.69) is 25.0 Å². The van der Waals surface area contributed by atoms with Crippen LogP contribution >= 0.6 is 11.9 Å². The molecule has 2 aromatic carbocycles. The van der Waals surface area contributed by atoms with Crippen LogP contribution in [0.4, 0.5) is 24.8 Å². The lowest BCUT2D eigenvalue weighted by Gasteiger charge is -2.22. The number of aromatic nitrogens is 3. The highest BCUT2D eigenvalue weighted by Gasteiger charge is 2.17. The Morgan fingerprint density at radius 3 is 2.46 bits per heavy atom. The molecular formula is C27H24F3N5OS. The van der Waals surface area contributed by atoms with Gasteiger partial charge in [-0.1, -0.05) is 25.3 Å². The van der Waals surface area contributed by atoms with E-state index in [0.717, 1.165) is 36.9 Å². The van der Waals surface area contributed by atoms with Crippen molar-refractivity contribution < 1.29 is 17.9 Å². The zero-order valence-corrected chi connectivity index (χ0v) is 20.6. The molecule has 0 radical (unpaired) electrons. The Hall–Kier alpha value is -3.79. The second kappa shape index (κ2) is 11.5. The molecule has 0 aliphatic heterocycles. The van der Waals surface area contributed by atoms with E-state index in [9.17, 15) is 13.2 Å². The van der Waals surface area contributed by atoms with Crippen molar-refractivity contribution in [1.29, 1.82) is 0 Å². The van der Waals surface area contributed by atoms with Crippen LogP contribution < -0.4 is 14.8 Å². The van der Waals surface area contributed by atoms with E-state index in [1.807, 2.05) is 0 Å². The summed E-state index contributed by atoms with van der Waals surface area (Å²) in [6, 6.07) is 11.5. The maximum Gasteiger partial charge on any atom is 0.223 e. The lowest BCUT2D eigenvalue weighted by molar-refractivity contribution is 0.443. The summed E-state index contributed by atoms with van der Waals surface area (Å²) < 4.78 is 51.2. The van der Waals surface area contributed by atoms with Gasteiger partial charge in [-0.3, -0.25) is 4.98 Å². The van der Waals surface area contributed by atoms with Gasteiger partial charge < -0.3 is 14.8 Å². The minimum atomic E-state index is -0.704. The Balaban J connectivity index is 1.31. The molecule has 0 saturated heterocycles. The molecule has 1 fully saturated rings. The zero-order chi connectivity index (χ0) is 25.6. The first-order chi connectivity index (χ1) is 18.1. The third-order valence-electron chi connectivity index (χ3n) is 5.99. The van der Waals surface area contributed by atoms with Crippen LogP contribution in [0.1, 0.15) is 32.1 Å². The van der Waals surface area contributed by atoms with Crippen LogP contribution in [0.25, 0.3) is 11.3 Å². The van der Waals surface area contributed by atoms with E-state index in [0.29, 0.717) is 34.7 Å². The second-order valence-corrected chi connectivity index (χ2v) is 9.44. The molecule has 1 aliphatic rings. The van der Waals surface area contributed by atoms with Crippen LogP contribution in [0.2, 0.25) is 0 Å². The minimum absolute atomic E-state index is 0.0188. The normalized spacial score (nSPS) is 13.8. The summed E-state index contributed by atoms with van der Waals surface area (Å²) in [6.45, 7) is 0. The van der Waals surface area contributed by atoms with Crippen LogP contribution in [0, 0.1) is 17.5 Å². The van der Waals surface area contributed by atoms with Crippen LogP contribution in [0.5, 0.6) is 11.5 Å². The number of ether oxygens (including phenoxy) is 1. The molecule has 0 spiro atoms. The van der Waals surface area contributed by atoms with Crippen molar-refractivity contribution in [2.75, 3.05) is 10.0 Å². The predicted octanol–water partition coefficient (Wildman–Crippen LogP) is 7.61. The van der Waals surface area contributed by atoms with Gasteiger partial charge in [-0.25, -0.2) is 23.1 Å². The Labute approximate surface area is 216 Å². The average Bonchev–Trinajstić information content (AvgIpc) is 2.91. The largest absolute Gasteiger partial charge is 0.453 e. The highest BCUT2D eigenvalue weighted by Crippen LogP contribution is 2.35. The molecule has 2 N–H and O–H groups in total. The number of hydrogen-bond donors (Lipinski definition) is 2. The monoisotopic (exact) mass is 523 g/mol. The molecule has 0 amide bonds. The standard InChI is InChI=1S/C27H24F3N5OS/c28-20-7-4-8-21(29)26(20)37-35-18-9-10-25(22(30)15-18)36-24-12-13-31-16-19(24)23-11-14-32-27(34-23)33-17-5-2-1-3-6-17/h4,7-17,35H,1-3,5-6H2,(H,32,33,34). The number of rotatable bonds is 8. The van der Waals surface area contributed by atoms with Gasteiger partial charge in [-0.05, 0) is 61.2 Å². The lowest BCUT2D eigenvalue weighted by atomic mass is 9.96. The molecule has 37 heavy (non-hydrogen) atoms. The van der Waals surface area contributed by atoms with Gasteiger partial charge in [0.1, 0.15) is 17.4 Å². The van der Waals surface area contributed by atoms with E-state index in [4.69, 9.17) is 4.74 Å². The number of nitrogens with zero attached hydrogens (tertiary/aromatic N) is 3. The van der Waals surface area contributed by atoms with Crippen LogP contribution in [0.15, 0.2) is 72.0 Å². The van der Waals surface area contributed by atoms with Gasteiger partial charge in [0.25, 0.3) is 0 Å². The van der Waals surface area contributed by atoms with Crippen LogP contribution in [-0.4, -0.2) is 21.0 Å². The number of anilines is 2. The number of benzene rings is 2. The van der Waals surface area contributed by atoms with E-state index in [-0.39, 0.29) is 10.6 Å². The molecule has 1 saturated carbocycles. The van der Waals surface area contributed by atoms with Gasteiger partial charge >= 0.3 is 0 Å². The molecule has 2 aromatic heterocycles. The maximum atomic E-state index is 14.9. The van der Waals surface area contributed by atoms with Gasteiger partial charge in [0.05, 0.1) is 16.2 Å². The minimum Gasteiger partial charge on any atom is -0.453 e. The average molecular weight is 524 g/mol. The molecule has 6 nitrogen and oxygen atoms in total. The Morgan fingerprint density at radius 2 is 1.68 bits per heavy atom. The fourth-order valence-corrected chi connectivity index (χ4v) is 4.80. The third kappa shape index (κ3) is 6.14. The number of halogens is 3. The van der Waals surface area contributed by atoms with Crippen molar-refractivity contribution in [3.05, 3.63) is 84.6 Å². The lowest BCUT2D eigenvalue weighted by Crippen LogP contribution is -2.23. The quantitative estimate of drug-likeness (QED) is 0.230. The van der Waals surface area contributed by atoms with Crippen molar-refractivity contribution in [3.63, 3.8) is 0 Å². The number of pyridine rings is 1. The molecule has 4 aromatic rings. The third-order valence-corrected chi connectivity index (χ3v) is 6.92. The van der Waals surface area contributed by atoms with E-state index >= 15 is 0 Å². The molecule has 0 bridgehead atoms. The van der Waals surface area contributed by atoms with E-state index in [1.165, 1.54) is 37.5 Å². The number of hydrogen-bond acceptors (Lipinski definition) is 7. The summed E-state index contributed by atoms with van der Waals surface area (Å²) in [5.41, 5.74) is 1.50. The highest BCUT2D eigenvalue weighted by molar-refractivity contribution is 8.00. The molecule has 0 unspecified atom stereocenters. The van der Waals surface area contributed by atoms with Gasteiger partial charge in [0.2, 0.25) is 5.95 Å². The smallest absolute Gasteiger partial charge is 0.223 e. The summed E-state index contributed by atoms with van der Waals surface area (Å²) in [7, 11) is 0. The second-order valence-electron chi connectivity index (χ2n) is 8.62. The highest BCUT2D eigenvalue weighted by atomic mass is 32.2. The van der Waals surface area contributed by atoms with Gasteiger partial charge in [0, 0.05) is 36.4 Å². The van der Waals surface area contributed by atoms with Crippen LogP contribution in [0.3, 0.4) is 0 Å². The molecular weight excluding hydrogens is 499 g/mol. The first-order valence-electron chi connectivity index (χ1n) is 11.9. The summed E-state index contributed by atoms with van der Waals surface area (Å²) in [5, 5.41) is 3.41. The molecule has 10 heteroatoms. The van der Waals surface area contributed by atoms with Crippen molar-refractivity contribution >= 4 is 23.6 Å². The van der Waals surface area contributed by atoms with Crippen molar-refractivity contribution in [3.8, 4) is 22.8 Å². The first kappa shape index (κ1) is 24.9. The maximum absolute atomic E-state index is 14.9. The van der Waals surface area contributed by atoms with Crippen LogP contribution in [-0.2, 0) is 0 Å². The Kier molecular flexibility index (Phi) is 7.74. The Morgan fingerprint density at radius 1 is 0.865 bits per heavy atom. The fourth-order valence-electron chi connectivity index (χ4n) is 4.13. The van der Waals surface area contributed by atoms with E-state index in [1.54, 1.807) is 36.8 Å². The summed E-state index contributed by atoms with van der Waals surface area (Å²) in [4.78, 5) is 13.0. The van der Waals surface area contributed by atoms with Crippen molar-refractivity contribution in [1.82, 2.24) is 15.0 Å². The zero-order valence-electron chi connectivity index (χ0n) is 19.8. The molecule has 190 valence electrons. The van der Waals surface area contributed by atoms with Crippen molar-refractivity contribution in [2.24, 2.45) is 0 Å². The van der Waals surface area contributed by atoms with E-state index < -0.39 is 17.5 Å². The Bertz CT molecular complexity index is 1360. The number of nitrogens with one attached hydrogen (secondary N) is 2. The summed E-state index contributed by atoms with van der Waals surface area (Å²) in [5.74, 6) is -1.17. The first-order valence-corrected chi connectivity index (χ1v) is 12.8. The molecule has 1 aliphatic carbocycles. The van der Waals surface area contributed by atoms with Gasteiger partial charge in [-0.2, -0.15) is 0 Å². The fraction of sp³-hybridized carbons (Fsp3) is 0.222. The van der Waals surface area contributed by atoms with Crippen molar-refractivity contribution in [2.45, 2.75) is 43.0 Å².